The number of carbonyl (C=O) groups is 4. The Hall–Kier alpha value is -2.85. The van der Waals surface area contributed by atoms with Gasteiger partial charge in [-0.05, 0) is 18.9 Å². The van der Waals surface area contributed by atoms with Crippen LogP contribution in [-0.2, 0) is 23.9 Å². The molecule has 1 fully saturated rings. The number of aliphatic carboxylic acids is 1. The molecular formula is C15H17F3N2O6. The summed E-state index contributed by atoms with van der Waals surface area (Å²) in [6.07, 6.45) is -1.24. The summed E-state index contributed by atoms with van der Waals surface area (Å²) in [5.41, 5.74) is 0. The second-order valence-electron chi connectivity index (χ2n) is 5.40. The van der Waals surface area contributed by atoms with Crippen molar-refractivity contribution < 1.29 is 42.2 Å². The van der Waals surface area contributed by atoms with Gasteiger partial charge in [0.2, 0.25) is 5.91 Å². The largest absolute Gasteiger partial charge is 0.480 e. The second-order valence-corrected chi connectivity index (χ2v) is 5.40. The van der Waals surface area contributed by atoms with Crippen molar-refractivity contribution in [3.05, 3.63) is 25.0 Å². The molecule has 0 radical (unpaired) electrons. The van der Waals surface area contributed by atoms with Crippen molar-refractivity contribution in [1.82, 2.24) is 9.80 Å². The summed E-state index contributed by atoms with van der Waals surface area (Å²) >= 11 is 0. The maximum absolute atomic E-state index is 12.4. The number of nitrogens with zero attached hydrogens (tertiary/aromatic N) is 2. The van der Waals surface area contributed by atoms with E-state index in [0.717, 1.165) is 18.9 Å². The molecule has 1 aliphatic rings. The number of amides is 2. The number of carboxylic acid groups (broad SMARTS) is 1. The summed E-state index contributed by atoms with van der Waals surface area (Å²) in [5.74, 6) is -4.30. The van der Waals surface area contributed by atoms with Crippen LogP contribution < -0.4 is 0 Å². The molecule has 0 aromatic heterocycles. The van der Waals surface area contributed by atoms with Crippen LogP contribution in [0.5, 0.6) is 0 Å². The van der Waals surface area contributed by atoms with E-state index in [-0.39, 0.29) is 10.9 Å². The van der Waals surface area contributed by atoms with Crippen molar-refractivity contribution in [3.8, 4) is 0 Å². The molecule has 0 unspecified atom stereocenters. The topological polar surface area (TPSA) is 104 Å². The molecule has 11 heteroatoms. The average molecular weight is 378 g/mol. The molecule has 144 valence electrons. The quantitative estimate of drug-likeness (QED) is 0.360. The Morgan fingerprint density at radius 2 is 1.77 bits per heavy atom. The highest BCUT2D eigenvalue weighted by Crippen LogP contribution is 2.26. The molecule has 1 saturated carbocycles. The van der Waals surface area contributed by atoms with Crippen LogP contribution in [-0.4, -0.2) is 70.5 Å². The van der Waals surface area contributed by atoms with Gasteiger partial charge >= 0.3 is 18.1 Å². The third-order valence-electron chi connectivity index (χ3n) is 3.16. The van der Waals surface area contributed by atoms with Crippen LogP contribution in [0.25, 0.3) is 0 Å². The number of esters is 1. The zero-order valence-corrected chi connectivity index (χ0v) is 13.6. The van der Waals surface area contributed by atoms with E-state index in [2.05, 4.69) is 11.3 Å². The predicted octanol–water partition coefficient (Wildman–Crippen LogP) is 0.696. The van der Waals surface area contributed by atoms with Gasteiger partial charge in [0.25, 0.3) is 5.91 Å². The molecule has 0 saturated heterocycles. The average Bonchev–Trinajstić information content (AvgIpc) is 3.34. The lowest BCUT2D eigenvalue weighted by Crippen LogP contribution is -2.41. The van der Waals surface area contributed by atoms with E-state index in [4.69, 9.17) is 5.11 Å². The number of halogens is 3. The molecule has 0 heterocycles. The van der Waals surface area contributed by atoms with Crippen LogP contribution >= 0.6 is 0 Å². The highest BCUT2D eigenvalue weighted by molar-refractivity contribution is 5.91. The Bertz CT molecular complexity index is 613. The monoisotopic (exact) mass is 378 g/mol. The van der Waals surface area contributed by atoms with Crippen molar-refractivity contribution in [1.29, 1.82) is 0 Å². The molecular weight excluding hydrogens is 361 g/mol. The Balaban J connectivity index is 2.59. The first-order valence-corrected chi connectivity index (χ1v) is 7.40. The van der Waals surface area contributed by atoms with E-state index in [1.807, 2.05) is 0 Å². The maximum atomic E-state index is 12.4. The van der Waals surface area contributed by atoms with Gasteiger partial charge in [-0.2, -0.15) is 13.2 Å². The fraction of sp³-hybridized carbons (Fsp3) is 0.467. The first-order chi connectivity index (χ1) is 12.0. The van der Waals surface area contributed by atoms with Crippen LogP contribution in [0, 0.1) is 0 Å². The minimum absolute atomic E-state index is 0.0322. The number of carboxylic acids is 1. The van der Waals surface area contributed by atoms with E-state index in [1.165, 1.54) is 4.90 Å². The summed E-state index contributed by atoms with van der Waals surface area (Å²) in [6, 6.07) is -0.100. The summed E-state index contributed by atoms with van der Waals surface area (Å²) in [5, 5.41) is 8.56. The number of rotatable bonds is 9. The van der Waals surface area contributed by atoms with Gasteiger partial charge in [0.15, 0.2) is 0 Å². The molecule has 0 aromatic rings. The van der Waals surface area contributed by atoms with Gasteiger partial charge in [0, 0.05) is 12.1 Å². The van der Waals surface area contributed by atoms with E-state index in [0.29, 0.717) is 12.3 Å². The summed E-state index contributed by atoms with van der Waals surface area (Å²) in [7, 11) is 0. The fourth-order valence-electron chi connectivity index (χ4n) is 1.93. The zero-order chi connectivity index (χ0) is 19.9. The van der Waals surface area contributed by atoms with Gasteiger partial charge in [-0.1, -0.05) is 6.58 Å². The normalized spacial score (nSPS) is 14.0. The smallest absolute Gasteiger partial charge is 0.406 e. The van der Waals surface area contributed by atoms with Gasteiger partial charge in [-0.15, -0.1) is 0 Å². The molecule has 1 N–H and O–H groups in total. The minimum atomic E-state index is -4.79. The van der Waals surface area contributed by atoms with Crippen molar-refractivity contribution in [2.24, 2.45) is 0 Å². The number of hydrogen-bond donors (Lipinski definition) is 1. The molecule has 0 spiro atoms. The fourth-order valence-corrected chi connectivity index (χ4v) is 1.93. The molecule has 0 atom stereocenters. The molecule has 0 bridgehead atoms. The van der Waals surface area contributed by atoms with Crippen LogP contribution in [0.4, 0.5) is 13.2 Å². The molecule has 0 aliphatic heterocycles. The first kappa shape index (κ1) is 21.2. The van der Waals surface area contributed by atoms with E-state index in [1.54, 1.807) is 0 Å². The van der Waals surface area contributed by atoms with Gasteiger partial charge in [0.05, 0.1) is 6.26 Å². The van der Waals surface area contributed by atoms with Crippen molar-refractivity contribution >= 4 is 23.8 Å². The van der Waals surface area contributed by atoms with E-state index < -0.39 is 49.6 Å². The molecule has 1 rings (SSSR count). The molecule has 8 nitrogen and oxygen atoms in total. The SMILES string of the molecule is C=CC(=O)N(CC(=O)O/C=C/C(=O)N(CC(=O)O)CC(F)(F)F)C1CC1. The van der Waals surface area contributed by atoms with Crippen molar-refractivity contribution in [3.63, 3.8) is 0 Å². The Kier molecular flexibility index (Phi) is 7.35. The number of ether oxygens (including phenoxy) is 1. The first-order valence-electron chi connectivity index (χ1n) is 7.40. The second kappa shape index (κ2) is 9.02. The zero-order valence-electron chi connectivity index (χ0n) is 13.6. The van der Waals surface area contributed by atoms with Gasteiger partial charge < -0.3 is 19.6 Å². The Labute approximate surface area is 146 Å². The molecule has 1 aliphatic carbocycles. The Morgan fingerprint density at radius 1 is 1.15 bits per heavy atom. The lowest BCUT2D eigenvalue weighted by atomic mass is 10.4. The summed E-state index contributed by atoms with van der Waals surface area (Å²) < 4.78 is 41.7. The lowest BCUT2D eigenvalue weighted by Gasteiger charge is -2.20. The summed E-state index contributed by atoms with van der Waals surface area (Å²) in [6.45, 7) is -0.0290. The predicted molar refractivity (Wildman–Crippen MR) is 80.4 cm³/mol. The van der Waals surface area contributed by atoms with Crippen LogP contribution in [0.3, 0.4) is 0 Å². The minimum Gasteiger partial charge on any atom is -0.480 e. The molecule has 26 heavy (non-hydrogen) atoms. The van der Waals surface area contributed by atoms with Crippen LogP contribution in [0.15, 0.2) is 25.0 Å². The van der Waals surface area contributed by atoms with Gasteiger partial charge in [-0.3, -0.25) is 14.4 Å². The van der Waals surface area contributed by atoms with Crippen LogP contribution in [0.2, 0.25) is 0 Å². The van der Waals surface area contributed by atoms with Crippen molar-refractivity contribution in [2.45, 2.75) is 25.1 Å². The van der Waals surface area contributed by atoms with Gasteiger partial charge in [-0.25, -0.2) is 4.79 Å². The third kappa shape index (κ3) is 7.81. The summed E-state index contributed by atoms with van der Waals surface area (Å²) in [4.78, 5) is 46.7. The highest BCUT2D eigenvalue weighted by Gasteiger charge is 2.34. The third-order valence-corrected chi connectivity index (χ3v) is 3.16. The molecule has 0 aromatic carbocycles. The Morgan fingerprint density at radius 3 is 2.23 bits per heavy atom. The van der Waals surface area contributed by atoms with E-state index >= 15 is 0 Å². The maximum Gasteiger partial charge on any atom is 0.406 e. The van der Waals surface area contributed by atoms with Crippen LogP contribution in [0.1, 0.15) is 12.8 Å². The molecule has 2 amide bonds. The highest BCUT2D eigenvalue weighted by atomic mass is 19.4. The van der Waals surface area contributed by atoms with E-state index in [9.17, 15) is 32.3 Å². The number of carbonyl (C=O) groups excluding carboxylic acids is 3. The van der Waals surface area contributed by atoms with Gasteiger partial charge in [0.1, 0.15) is 19.6 Å². The standard InChI is InChI=1S/C15H17F3N2O6/c1-2-11(21)20(10-3-4-10)8-14(25)26-6-5-12(22)19(7-13(23)24)9-15(16,17)18/h2,5-6,10H,1,3-4,7-9H2,(H,23,24)/b6-5+. The lowest BCUT2D eigenvalue weighted by molar-refractivity contribution is -0.163. The van der Waals surface area contributed by atoms with Crippen molar-refractivity contribution in [2.75, 3.05) is 19.6 Å². The number of hydrogen-bond acceptors (Lipinski definition) is 5. The number of alkyl halides is 3.